The predicted molar refractivity (Wildman–Crippen MR) is 107 cm³/mol. The lowest BCUT2D eigenvalue weighted by atomic mass is 9.85. The standard InChI is InChI=1S/C22H28N2O3/c1-26-18-8-7-16-15-21(25)20(14-17(16)13-18)24-11-9-23(10-12-24)19-5-3-4-6-22(19)27-2/h3-8,13,20-21,25H,9-12,14-15H2,1-2H3/t20-,21-/m0/s1. The van der Waals surface area contributed by atoms with Gasteiger partial charge in [-0.15, -0.1) is 0 Å². The quantitative estimate of drug-likeness (QED) is 0.898. The number of methoxy groups -OCH3 is 2. The van der Waals surface area contributed by atoms with Crippen molar-refractivity contribution in [3.8, 4) is 11.5 Å². The molecule has 0 amide bonds. The van der Waals surface area contributed by atoms with Crippen molar-refractivity contribution in [2.45, 2.75) is 25.0 Å². The van der Waals surface area contributed by atoms with Crippen molar-refractivity contribution >= 4 is 5.69 Å². The van der Waals surface area contributed by atoms with Gasteiger partial charge in [-0.25, -0.2) is 0 Å². The Labute approximate surface area is 161 Å². The van der Waals surface area contributed by atoms with E-state index < -0.39 is 0 Å². The van der Waals surface area contributed by atoms with E-state index in [4.69, 9.17) is 9.47 Å². The van der Waals surface area contributed by atoms with Crippen LogP contribution in [0.3, 0.4) is 0 Å². The van der Waals surface area contributed by atoms with Gasteiger partial charge >= 0.3 is 0 Å². The lowest BCUT2D eigenvalue weighted by Gasteiger charge is -2.43. The first-order chi connectivity index (χ1) is 13.2. The summed E-state index contributed by atoms with van der Waals surface area (Å²) in [6, 6.07) is 14.6. The Hall–Kier alpha value is -2.24. The number of hydrogen-bond donors (Lipinski definition) is 1. The number of aliphatic hydroxyl groups is 1. The third kappa shape index (κ3) is 3.62. The largest absolute Gasteiger partial charge is 0.497 e. The van der Waals surface area contributed by atoms with E-state index in [2.05, 4.69) is 34.1 Å². The van der Waals surface area contributed by atoms with Gasteiger partial charge in [0.1, 0.15) is 11.5 Å². The zero-order valence-electron chi connectivity index (χ0n) is 16.1. The summed E-state index contributed by atoms with van der Waals surface area (Å²) in [7, 11) is 3.42. The van der Waals surface area contributed by atoms with Crippen molar-refractivity contribution in [2.24, 2.45) is 0 Å². The summed E-state index contributed by atoms with van der Waals surface area (Å²) in [5, 5.41) is 10.8. The molecule has 1 fully saturated rings. The minimum atomic E-state index is -0.316. The second kappa shape index (κ2) is 7.79. The maximum absolute atomic E-state index is 10.8. The summed E-state index contributed by atoms with van der Waals surface area (Å²) in [5.41, 5.74) is 3.70. The molecule has 5 heteroatoms. The van der Waals surface area contributed by atoms with Gasteiger partial charge in [-0.3, -0.25) is 4.90 Å². The average Bonchev–Trinajstić information content (AvgIpc) is 2.73. The normalized spacial score (nSPS) is 23.0. The molecule has 1 N–H and O–H groups in total. The number of anilines is 1. The number of fused-ring (bicyclic) bond motifs is 1. The number of ether oxygens (including phenoxy) is 2. The van der Waals surface area contributed by atoms with E-state index >= 15 is 0 Å². The van der Waals surface area contributed by atoms with Crippen LogP contribution in [0.25, 0.3) is 0 Å². The van der Waals surface area contributed by atoms with Crippen molar-refractivity contribution in [1.29, 1.82) is 0 Å². The fourth-order valence-corrected chi connectivity index (χ4v) is 4.40. The summed E-state index contributed by atoms with van der Waals surface area (Å²) < 4.78 is 10.9. The third-order valence-electron chi connectivity index (χ3n) is 5.92. The maximum Gasteiger partial charge on any atom is 0.142 e. The zero-order chi connectivity index (χ0) is 18.8. The van der Waals surface area contributed by atoms with Gasteiger partial charge < -0.3 is 19.5 Å². The highest BCUT2D eigenvalue weighted by Gasteiger charge is 2.33. The fourth-order valence-electron chi connectivity index (χ4n) is 4.40. The summed E-state index contributed by atoms with van der Waals surface area (Å²) in [6.45, 7) is 3.77. The first-order valence-corrected chi connectivity index (χ1v) is 9.65. The van der Waals surface area contributed by atoms with Crippen molar-refractivity contribution in [3.63, 3.8) is 0 Å². The number of hydrogen-bond acceptors (Lipinski definition) is 5. The van der Waals surface area contributed by atoms with E-state index in [0.717, 1.165) is 56.2 Å². The summed E-state index contributed by atoms with van der Waals surface area (Å²) in [6.07, 6.45) is 1.28. The smallest absolute Gasteiger partial charge is 0.142 e. The minimum Gasteiger partial charge on any atom is -0.497 e. The number of aliphatic hydroxyl groups excluding tert-OH is 1. The molecule has 2 aromatic carbocycles. The Kier molecular flexibility index (Phi) is 5.23. The molecule has 1 aliphatic heterocycles. The Morgan fingerprint density at radius 2 is 1.67 bits per heavy atom. The van der Waals surface area contributed by atoms with E-state index in [9.17, 15) is 5.11 Å². The van der Waals surface area contributed by atoms with Gasteiger partial charge in [-0.05, 0) is 41.8 Å². The molecule has 0 unspecified atom stereocenters. The third-order valence-corrected chi connectivity index (χ3v) is 5.92. The topological polar surface area (TPSA) is 45.2 Å². The molecule has 1 heterocycles. The zero-order valence-corrected chi connectivity index (χ0v) is 16.1. The highest BCUT2D eigenvalue weighted by Crippen LogP contribution is 2.31. The van der Waals surface area contributed by atoms with Crippen LogP contribution in [0, 0.1) is 0 Å². The van der Waals surface area contributed by atoms with Crippen molar-refractivity contribution in [3.05, 3.63) is 53.6 Å². The van der Waals surface area contributed by atoms with E-state index in [1.807, 2.05) is 18.2 Å². The van der Waals surface area contributed by atoms with Gasteiger partial charge in [0.2, 0.25) is 0 Å². The Morgan fingerprint density at radius 3 is 2.41 bits per heavy atom. The van der Waals surface area contributed by atoms with Crippen LogP contribution in [0.15, 0.2) is 42.5 Å². The van der Waals surface area contributed by atoms with Gasteiger partial charge in [-0.2, -0.15) is 0 Å². The lowest BCUT2D eigenvalue weighted by Crippen LogP contribution is -2.56. The molecule has 1 aliphatic carbocycles. The number of rotatable bonds is 4. The summed E-state index contributed by atoms with van der Waals surface area (Å²) in [5.74, 6) is 1.81. The van der Waals surface area contributed by atoms with Crippen molar-refractivity contribution in [2.75, 3.05) is 45.3 Å². The summed E-state index contributed by atoms with van der Waals surface area (Å²) >= 11 is 0. The Morgan fingerprint density at radius 1 is 0.889 bits per heavy atom. The van der Waals surface area contributed by atoms with E-state index in [0.29, 0.717) is 0 Å². The van der Waals surface area contributed by atoms with E-state index in [1.165, 1.54) is 11.1 Å². The van der Waals surface area contributed by atoms with Gasteiger partial charge in [0.15, 0.2) is 0 Å². The molecule has 27 heavy (non-hydrogen) atoms. The summed E-state index contributed by atoms with van der Waals surface area (Å²) in [4.78, 5) is 4.82. The second-order valence-corrected chi connectivity index (χ2v) is 7.37. The molecule has 0 radical (unpaired) electrons. The fraction of sp³-hybridized carbons (Fsp3) is 0.455. The van der Waals surface area contributed by atoms with Crippen molar-refractivity contribution < 1.29 is 14.6 Å². The number of para-hydroxylation sites is 2. The molecular formula is C22H28N2O3. The number of piperazine rings is 1. The van der Waals surface area contributed by atoms with Gasteiger partial charge in [0, 0.05) is 38.6 Å². The van der Waals surface area contributed by atoms with Gasteiger partial charge in [0.25, 0.3) is 0 Å². The van der Waals surface area contributed by atoms with E-state index in [-0.39, 0.29) is 12.1 Å². The van der Waals surface area contributed by atoms with Crippen LogP contribution in [-0.2, 0) is 12.8 Å². The van der Waals surface area contributed by atoms with Crippen LogP contribution in [0.5, 0.6) is 11.5 Å². The van der Waals surface area contributed by atoms with Crippen molar-refractivity contribution in [1.82, 2.24) is 4.90 Å². The Bertz CT molecular complexity index is 787. The highest BCUT2D eigenvalue weighted by molar-refractivity contribution is 5.58. The van der Waals surface area contributed by atoms with Crippen LogP contribution in [0.4, 0.5) is 5.69 Å². The minimum absolute atomic E-state index is 0.171. The number of benzene rings is 2. The van der Waals surface area contributed by atoms with Crippen LogP contribution < -0.4 is 14.4 Å². The second-order valence-electron chi connectivity index (χ2n) is 7.37. The maximum atomic E-state index is 10.8. The molecule has 0 aromatic heterocycles. The number of nitrogens with zero attached hydrogens (tertiary/aromatic N) is 2. The SMILES string of the molecule is COc1ccc2c(c1)C[C@H](N1CCN(c3ccccc3OC)CC1)[C@@H](O)C2. The molecule has 5 nitrogen and oxygen atoms in total. The molecular weight excluding hydrogens is 340 g/mol. The molecule has 1 saturated heterocycles. The molecule has 4 rings (SSSR count). The monoisotopic (exact) mass is 368 g/mol. The first kappa shape index (κ1) is 18.1. The van der Waals surface area contributed by atoms with Gasteiger partial charge in [0.05, 0.1) is 26.0 Å². The molecule has 2 atom stereocenters. The average molecular weight is 368 g/mol. The Balaban J connectivity index is 1.45. The molecule has 2 aliphatic rings. The molecule has 2 aromatic rings. The highest BCUT2D eigenvalue weighted by atomic mass is 16.5. The van der Waals surface area contributed by atoms with E-state index in [1.54, 1.807) is 14.2 Å². The van der Waals surface area contributed by atoms with Crippen LogP contribution in [0.1, 0.15) is 11.1 Å². The van der Waals surface area contributed by atoms with Crippen LogP contribution in [0.2, 0.25) is 0 Å². The molecule has 144 valence electrons. The molecule has 0 spiro atoms. The van der Waals surface area contributed by atoms with Gasteiger partial charge in [-0.1, -0.05) is 18.2 Å². The lowest BCUT2D eigenvalue weighted by molar-refractivity contribution is 0.0394. The first-order valence-electron chi connectivity index (χ1n) is 9.65. The predicted octanol–water partition coefficient (Wildman–Crippen LogP) is 2.35. The molecule has 0 saturated carbocycles. The van der Waals surface area contributed by atoms with Crippen LogP contribution in [-0.4, -0.2) is 62.6 Å². The molecule has 0 bridgehead atoms. The van der Waals surface area contributed by atoms with Crippen LogP contribution >= 0.6 is 0 Å².